The quantitative estimate of drug-likeness (QED) is 0.877. The van der Waals surface area contributed by atoms with Gasteiger partial charge in [-0.1, -0.05) is 43.3 Å². The van der Waals surface area contributed by atoms with Crippen LogP contribution in [0.1, 0.15) is 30.0 Å². The third-order valence-corrected chi connectivity index (χ3v) is 3.20. The Bertz CT molecular complexity index is 505. The number of benzene rings is 2. The molecule has 0 saturated heterocycles. The van der Waals surface area contributed by atoms with E-state index in [1.807, 2.05) is 37.3 Å². The maximum Gasteiger partial charge on any atom is 0.130 e. The van der Waals surface area contributed by atoms with Crippen LogP contribution in [0.25, 0.3) is 0 Å². The Labute approximate surface area is 105 Å². The van der Waals surface area contributed by atoms with E-state index in [1.165, 1.54) is 18.2 Å². The Balaban J connectivity index is 2.34. The van der Waals surface area contributed by atoms with Crippen LogP contribution in [-0.4, -0.2) is 0 Å². The molecule has 0 amide bonds. The Morgan fingerprint density at radius 3 is 2.00 bits per heavy atom. The maximum atomic E-state index is 13.7. The highest BCUT2D eigenvalue weighted by atomic mass is 19.1. The zero-order chi connectivity index (χ0) is 13.1. The molecule has 18 heavy (non-hydrogen) atoms. The number of hydrogen-bond donors (Lipinski definition) is 1. The Kier molecular flexibility index (Phi) is 3.72. The molecule has 2 unspecified atom stereocenters. The van der Waals surface area contributed by atoms with Gasteiger partial charge in [0.2, 0.25) is 0 Å². The summed E-state index contributed by atoms with van der Waals surface area (Å²) in [6.07, 6.45) is 0. The predicted molar refractivity (Wildman–Crippen MR) is 68.1 cm³/mol. The third-order valence-electron chi connectivity index (χ3n) is 3.20. The van der Waals surface area contributed by atoms with Gasteiger partial charge in [0.15, 0.2) is 0 Å². The van der Waals surface area contributed by atoms with E-state index in [0.29, 0.717) is 0 Å². The first-order chi connectivity index (χ1) is 8.61. The van der Waals surface area contributed by atoms with Gasteiger partial charge in [0, 0.05) is 17.5 Å². The van der Waals surface area contributed by atoms with Crippen LogP contribution in [0.4, 0.5) is 8.78 Å². The summed E-state index contributed by atoms with van der Waals surface area (Å²) in [5, 5.41) is 0. The van der Waals surface area contributed by atoms with E-state index in [0.717, 1.165) is 5.56 Å². The lowest BCUT2D eigenvalue weighted by Crippen LogP contribution is -2.20. The van der Waals surface area contributed by atoms with Crippen molar-refractivity contribution in [1.29, 1.82) is 0 Å². The van der Waals surface area contributed by atoms with Crippen molar-refractivity contribution >= 4 is 0 Å². The van der Waals surface area contributed by atoms with Crippen molar-refractivity contribution in [2.45, 2.75) is 18.9 Å². The molecule has 3 heteroatoms. The van der Waals surface area contributed by atoms with E-state index in [4.69, 9.17) is 5.73 Å². The molecule has 0 heterocycles. The smallest absolute Gasteiger partial charge is 0.130 e. The third kappa shape index (κ3) is 2.41. The molecular weight excluding hydrogens is 232 g/mol. The minimum atomic E-state index is -0.700. The summed E-state index contributed by atoms with van der Waals surface area (Å²) in [6.45, 7) is 1.87. The number of rotatable bonds is 3. The second kappa shape index (κ2) is 5.27. The molecule has 0 fully saturated rings. The zero-order valence-corrected chi connectivity index (χ0v) is 10.1. The van der Waals surface area contributed by atoms with Crippen LogP contribution < -0.4 is 5.73 Å². The molecule has 2 aromatic rings. The van der Waals surface area contributed by atoms with Crippen LogP contribution in [0.3, 0.4) is 0 Å². The lowest BCUT2D eigenvalue weighted by Gasteiger charge is -2.21. The maximum absolute atomic E-state index is 13.7. The van der Waals surface area contributed by atoms with Crippen molar-refractivity contribution in [2.24, 2.45) is 5.73 Å². The lowest BCUT2D eigenvalue weighted by atomic mass is 9.89. The number of hydrogen-bond acceptors (Lipinski definition) is 1. The summed E-state index contributed by atoms with van der Waals surface area (Å²) in [5.41, 5.74) is 6.91. The molecule has 0 aliphatic carbocycles. The molecule has 2 aromatic carbocycles. The summed E-state index contributed by atoms with van der Waals surface area (Å²) < 4.78 is 27.3. The second-order valence-corrected chi connectivity index (χ2v) is 4.36. The van der Waals surface area contributed by atoms with E-state index >= 15 is 0 Å². The topological polar surface area (TPSA) is 26.0 Å². The van der Waals surface area contributed by atoms with Crippen molar-refractivity contribution in [1.82, 2.24) is 0 Å². The average molecular weight is 247 g/mol. The fourth-order valence-electron chi connectivity index (χ4n) is 2.04. The van der Waals surface area contributed by atoms with Crippen LogP contribution in [-0.2, 0) is 0 Å². The van der Waals surface area contributed by atoms with E-state index in [9.17, 15) is 8.78 Å². The summed E-state index contributed by atoms with van der Waals surface area (Å²) >= 11 is 0. The normalized spacial score (nSPS) is 14.2. The highest BCUT2D eigenvalue weighted by Crippen LogP contribution is 2.31. The Morgan fingerprint density at radius 1 is 0.889 bits per heavy atom. The molecule has 1 nitrogen and oxygen atoms in total. The Hall–Kier alpha value is -1.74. The molecule has 2 atom stereocenters. The highest BCUT2D eigenvalue weighted by Gasteiger charge is 2.22. The van der Waals surface area contributed by atoms with Gasteiger partial charge in [-0.3, -0.25) is 0 Å². The van der Waals surface area contributed by atoms with Gasteiger partial charge < -0.3 is 5.73 Å². The molecule has 0 aliphatic rings. The molecule has 2 rings (SSSR count). The molecule has 0 radical (unpaired) electrons. The SMILES string of the molecule is CC(c1ccccc1)C(N)c1c(F)cccc1F. The Morgan fingerprint density at radius 2 is 1.44 bits per heavy atom. The van der Waals surface area contributed by atoms with Crippen LogP contribution in [0.2, 0.25) is 0 Å². The molecule has 94 valence electrons. The lowest BCUT2D eigenvalue weighted by molar-refractivity contribution is 0.494. The van der Waals surface area contributed by atoms with Crippen LogP contribution in [0.15, 0.2) is 48.5 Å². The van der Waals surface area contributed by atoms with Gasteiger partial charge in [0.05, 0.1) is 0 Å². The molecule has 2 N–H and O–H groups in total. The minimum Gasteiger partial charge on any atom is -0.323 e. The standard InChI is InChI=1S/C15H15F2N/c1-10(11-6-3-2-4-7-11)15(18)14-12(16)8-5-9-13(14)17/h2-10,15H,18H2,1H3. The van der Waals surface area contributed by atoms with Crippen molar-refractivity contribution < 1.29 is 8.78 Å². The summed E-state index contributed by atoms with van der Waals surface area (Å²) in [7, 11) is 0. The van der Waals surface area contributed by atoms with Gasteiger partial charge in [-0.05, 0) is 17.7 Å². The molecule has 0 bridgehead atoms. The summed E-state index contributed by atoms with van der Waals surface area (Å²) in [4.78, 5) is 0. The number of halogens is 2. The fraction of sp³-hybridized carbons (Fsp3) is 0.200. The zero-order valence-electron chi connectivity index (χ0n) is 10.1. The molecule has 0 aliphatic heterocycles. The molecular formula is C15H15F2N. The molecule has 0 aromatic heterocycles. The van der Waals surface area contributed by atoms with Crippen molar-refractivity contribution in [3.8, 4) is 0 Å². The van der Waals surface area contributed by atoms with E-state index in [-0.39, 0.29) is 11.5 Å². The van der Waals surface area contributed by atoms with Crippen LogP contribution in [0, 0.1) is 11.6 Å². The van der Waals surface area contributed by atoms with Crippen LogP contribution in [0.5, 0.6) is 0 Å². The monoisotopic (exact) mass is 247 g/mol. The van der Waals surface area contributed by atoms with Gasteiger partial charge in [0.25, 0.3) is 0 Å². The largest absolute Gasteiger partial charge is 0.323 e. The second-order valence-electron chi connectivity index (χ2n) is 4.36. The predicted octanol–water partition coefficient (Wildman–Crippen LogP) is 3.77. The molecule has 0 saturated carbocycles. The van der Waals surface area contributed by atoms with Crippen molar-refractivity contribution in [3.63, 3.8) is 0 Å². The first-order valence-electron chi connectivity index (χ1n) is 5.85. The fourth-order valence-corrected chi connectivity index (χ4v) is 2.04. The van der Waals surface area contributed by atoms with E-state index in [2.05, 4.69) is 0 Å². The average Bonchev–Trinajstić information content (AvgIpc) is 2.38. The van der Waals surface area contributed by atoms with E-state index < -0.39 is 17.7 Å². The summed E-state index contributed by atoms with van der Waals surface area (Å²) in [6, 6.07) is 12.6. The van der Waals surface area contributed by atoms with Gasteiger partial charge in [0.1, 0.15) is 11.6 Å². The van der Waals surface area contributed by atoms with Crippen molar-refractivity contribution in [3.05, 3.63) is 71.3 Å². The van der Waals surface area contributed by atoms with Gasteiger partial charge in [-0.25, -0.2) is 8.78 Å². The van der Waals surface area contributed by atoms with Gasteiger partial charge in [-0.2, -0.15) is 0 Å². The minimum absolute atomic E-state index is 0.0474. The first-order valence-corrected chi connectivity index (χ1v) is 5.85. The number of nitrogens with two attached hydrogens (primary N) is 1. The van der Waals surface area contributed by atoms with Gasteiger partial charge >= 0.3 is 0 Å². The van der Waals surface area contributed by atoms with Gasteiger partial charge in [-0.15, -0.1) is 0 Å². The highest BCUT2D eigenvalue weighted by molar-refractivity contribution is 5.29. The van der Waals surface area contributed by atoms with Crippen LogP contribution >= 0.6 is 0 Å². The van der Waals surface area contributed by atoms with E-state index in [1.54, 1.807) is 0 Å². The first kappa shape index (κ1) is 12.7. The molecule has 0 spiro atoms. The van der Waals surface area contributed by atoms with Crippen molar-refractivity contribution in [2.75, 3.05) is 0 Å². The summed E-state index contributed by atoms with van der Waals surface area (Å²) in [5.74, 6) is -1.34.